The molecule has 0 saturated heterocycles. The second-order valence-electron chi connectivity index (χ2n) is 10.2. The first-order valence-electron chi connectivity index (χ1n) is 12.2. The fourth-order valence-electron chi connectivity index (χ4n) is 5.52. The molecular weight excluding hydrogens is 382 g/mol. The van der Waals surface area contributed by atoms with Gasteiger partial charge in [-0.3, -0.25) is 9.59 Å². The van der Waals surface area contributed by atoms with Crippen molar-refractivity contribution in [1.29, 1.82) is 0 Å². The summed E-state index contributed by atoms with van der Waals surface area (Å²) in [7, 11) is 0. The van der Waals surface area contributed by atoms with Gasteiger partial charge in [0.2, 0.25) is 5.91 Å². The van der Waals surface area contributed by atoms with Crippen molar-refractivity contribution in [3.63, 3.8) is 0 Å². The molecule has 30 heavy (non-hydrogen) atoms. The second-order valence-corrected chi connectivity index (χ2v) is 10.2. The topological polar surface area (TPSA) is 84.9 Å². The van der Waals surface area contributed by atoms with Gasteiger partial charge in [0.25, 0.3) is 0 Å². The Bertz CT molecular complexity index is 564. The highest BCUT2D eigenvalue weighted by Gasteiger charge is 2.41. The van der Waals surface area contributed by atoms with Crippen LogP contribution in [0.5, 0.6) is 0 Å². The molecule has 2 N–H and O–H groups in total. The van der Waals surface area contributed by atoms with E-state index in [0.717, 1.165) is 50.9 Å². The van der Waals surface area contributed by atoms with E-state index in [0.29, 0.717) is 12.8 Å². The number of ether oxygens (including phenoxy) is 2. The predicted octanol–water partition coefficient (Wildman–Crippen LogP) is 4.30. The molecule has 3 unspecified atom stereocenters. The van der Waals surface area contributed by atoms with E-state index in [9.17, 15) is 14.7 Å². The minimum Gasteiger partial charge on any atom is -0.481 e. The van der Waals surface area contributed by atoms with Crippen molar-refractivity contribution in [2.75, 3.05) is 0 Å². The van der Waals surface area contributed by atoms with E-state index in [1.807, 2.05) is 0 Å². The molecule has 0 heterocycles. The summed E-state index contributed by atoms with van der Waals surface area (Å²) in [6.07, 6.45) is 10.8. The van der Waals surface area contributed by atoms with Gasteiger partial charge in [-0.15, -0.1) is 0 Å². The number of carboxylic acid groups (broad SMARTS) is 1. The molecule has 0 aromatic rings. The van der Waals surface area contributed by atoms with Gasteiger partial charge in [0, 0.05) is 6.04 Å². The van der Waals surface area contributed by atoms with Crippen LogP contribution in [0.15, 0.2) is 0 Å². The second kappa shape index (κ2) is 10.9. The predicted molar refractivity (Wildman–Crippen MR) is 115 cm³/mol. The third kappa shape index (κ3) is 6.68. The summed E-state index contributed by atoms with van der Waals surface area (Å²) in [6.45, 7) is 6.38. The number of carbonyl (C=O) groups excluding carboxylic acids is 1. The Morgan fingerprint density at radius 2 is 1.43 bits per heavy atom. The maximum Gasteiger partial charge on any atom is 0.307 e. The summed E-state index contributed by atoms with van der Waals surface area (Å²) >= 11 is 0. The summed E-state index contributed by atoms with van der Waals surface area (Å²) in [5, 5.41) is 12.9. The minimum atomic E-state index is -0.866. The molecule has 6 nitrogen and oxygen atoms in total. The van der Waals surface area contributed by atoms with Gasteiger partial charge in [-0.05, 0) is 90.4 Å². The minimum absolute atomic E-state index is 0.0304. The average molecular weight is 424 g/mol. The zero-order chi connectivity index (χ0) is 21.7. The van der Waals surface area contributed by atoms with Crippen molar-refractivity contribution in [3.8, 4) is 0 Å². The largest absolute Gasteiger partial charge is 0.481 e. The Kier molecular flexibility index (Phi) is 8.58. The Balaban J connectivity index is 1.47. The van der Waals surface area contributed by atoms with E-state index < -0.39 is 17.8 Å². The molecule has 3 rings (SSSR count). The van der Waals surface area contributed by atoms with Crippen molar-refractivity contribution in [2.24, 2.45) is 17.8 Å². The smallest absolute Gasteiger partial charge is 0.307 e. The number of rotatable bonds is 7. The van der Waals surface area contributed by atoms with Gasteiger partial charge < -0.3 is 19.9 Å². The first-order valence-corrected chi connectivity index (χ1v) is 12.2. The molecule has 0 aliphatic heterocycles. The fraction of sp³-hybridized carbons (Fsp3) is 0.917. The van der Waals surface area contributed by atoms with Crippen molar-refractivity contribution in [2.45, 2.75) is 122 Å². The van der Waals surface area contributed by atoms with Gasteiger partial charge in [0.05, 0.1) is 36.3 Å². The molecule has 0 spiro atoms. The SMILES string of the molecule is CC1CCC(OC2CCC(C(=O)NC3CCC(OC(C)C)CC3)C(C(=O)O)C2)CC1. The number of hydrogen-bond donors (Lipinski definition) is 2. The molecule has 172 valence electrons. The van der Waals surface area contributed by atoms with Crippen molar-refractivity contribution in [3.05, 3.63) is 0 Å². The lowest BCUT2D eigenvalue weighted by atomic mass is 9.76. The van der Waals surface area contributed by atoms with E-state index in [2.05, 4.69) is 26.1 Å². The van der Waals surface area contributed by atoms with Gasteiger partial charge in [-0.25, -0.2) is 0 Å². The Hall–Kier alpha value is -1.14. The highest BCUT2D eigenvalue weighted by Crippen LogP contribution is 2.35. The summed E-state index contributed by atoms with van der Waals surface area (Å²) in [5.74, 6) is -1.27. The molecule has 0 aromatic heterocycles. The maximum atomic E-state index is 12.9. The molecule has 1 amide bonds. The third-order valence-electron chi connectivity index (χ3n) is 7.29. The van der Waals surface area contributed by atoms with Crippen LogP contribution in [0.25, 0.3) is 0 Å². The molecular formula is C24H41NO5. The van der Waals surface area contributed by atoms with Crippen LogP contribution in [-0.4, -0.2) is 47.4 Å². The number of carboxylic acids is 1. The summed E-state index contributed by atoms with van der Waals surface area (Å²) in [5.41, 5.74) is 0. The summed E-state index contributed by atoms with van der Waals surface area (Å²) in [6, 6.07) is 0.136. The quantitative estimate of drug-likeness (QED) is 0.638. The van der Waals surface area contributed by atoms with Crippen LogP contribution in [0, 0.1) is 17.8 Å². The maximum absolute atomic E-state index is 12.9. The van der Waals surface area contributed by atoms with Crippen LogP contribution in [0.1, 0.15) is 91.4 Å². The first-order chi connectivity index (χ1) is 14.3. The molecule has 3 aliphatic carbocycles. The van der Waals surface area contributed by atoms with Crippen LogP contribution in [0.3, 0.4) is 0 Å². The lowest BCUT2D eigenvalue weighted by molar-refractivity contribution is -0.154. The zero-order valence-corrected chi connectivity index (χ0v) is 19.0. The summed E-state index contributed by atoms with van der Waals surface area (Å²) < 4.78 is 12.2. The zero-order valence-electron chi connectivity index (χ0n) is 19.0. The molecule has 0 aromatic carbocycles. The van der Waals surface area contributed by atoms with E-state index in [1.165, 1.54) is 12.8 Å². The fourth-order valence-corrected chi connectivity index (χ4v) is 5.52. The van der Waals surface area contributed by atoms with E-state index in [1.54, 1.807) is 0 Å². The highest BCUT2D eigenvalue weighted by molar-refractivity contribution is 5.85. The molecule has 3 fully saturated rings. The van der Waals surface area contributed by atoms with E-state index in [-0.39, 0.29) is 36.4 Å². The normalized spacial score (nSPS) is 37.7. The van der Waals surface area contributed by atoms with Gasteiger partial charge in [0.15, 0.2) is 0 Å². The van der Waals surface area contributed by atoms with Crippen LogP contribution in [0.2, 0.25) is 0 Å². The lowest BCUT2D eigenvalue weighted by Crippen LogP contribution is -2.47. The molecule has 6 heteroatoms. The van der Waals surface area contributed by atoms with Crippen LogP contribution < -0.4 is 5.32 Å². The van der Waals surface area contributed by atoms with Gasteiger partial charge in [0.1, 0.15) is 0 Å². The number of aliphatic carboxylic acids is 1. The molecule has 0 radical (unpaired) electrons. The summed E-state index contributed by atoms with van der Waals surface area (Å²) in [4.78, 5) is 24.9. The van der Waals surface area contributed by atoms with Gasteiger partial charge in [-0.2, -0.15) is 0 Å². The van der Waals surface area contributed by atoms with Gasteiger partial charge >= 0.3 is 5.97 Å². The Morgan fingerprint density at radius 3 is 2.03 bits per heavy atom. The third-order valence-corrected chi connectivity index (χ3v) is 7.29. The first kappa shape index (κ1) is 23.5. The molecule has 3 atom stereocenters. The van der Waals surface area contributed by atoms with E-state index in [4.69, 9.17) is 9.47 Å². The molecule has 3 saturated carbocycles. The van der Waals surface area contributed by atoms with Crippen LogP contribution in [0.4, 0.5) is 0 Å². The van der Waals surface area contributed by atoms with Crippen LogP contribution >= 0.6 is 0 Å². The van der Waals surface area contributed by atoms with Crippen LogP contribution in [-0.2, 0) is 19.1 Å². The Labute approximate surface area is 181 Å². The number of hydrogen-bond acceptors (Lipinski definition) is 4. The highest BCUT2D eigenvalue weighted by atomic mass is 16.5. The van der Waals surface area contributed by atoms with Crippen molar-refractivity contribution in [1.82, 2.24) is 5.32 Å². The van der Waals surface area contributed by atoms with E-state index >= 15 is 0 Å². The number of carbonyl (C=O) groups is 2. The van der Waals surface area contributed by atoms with Crippen molar-refractivity contribution >= 4 is 11.9 Å². The monoisotopic (exact) mass is 423 g/mol. The number of amides is 1. The molecule has 0 bridgehead atoms. The van der Waals surface area contributed by atoms with Crippen molar-refractivity contribution < 1.29 is 24.2 Å². The average Bonchev–Trinajstić information content (AvgIpc) is 2.70. The standard InChI is InChI=1S/C24H41NO5/c1-15(2)29-18-10-6-17(7-11-18)25-23(26)21-13-12-20(14-22(21)24(27)28)30-19-8-4-16(3)5-9-19/h15-22H,4-14H2,1-3H3,(H,25,26)(H,27,28). The van der Waals surface area contributed by atoms with Gasteiger partial charge in [-0.1, -0.05) is 6.92 Å². The lowest BCUT2D eigenvalue weighted by Gasteiger charge is -2.37. The Morgan fingerprint density at radius 1 is 0.833 bits per heavy atom. The number of nitrogens with one attached hydrogen (secondary N) is 1. The molecule has 3 aliphatic rings.